The highest BCUT2D eigenvalue weighted by molar-refractivity contribution is 5.91. The molecule has 0 aliphatic rings. The van der Waals surface area contributed by atoms with Gasteiger partial charge in [-0.3, -0.25) is 9.78 Å². The van der Waals surface area contributed by atoms with Gasteiger partial charge in [-0.2, -0.15) is 0 Å². The molecule has 0 aliphatic carbocycles. The van der Waals surface area contributed by atoms with Crippen LogP contribution in [0.15, 0.2) is 61.1 Å². The number of benzene rings is 2. The van der Waals surface area contributed by atoms with E-state index < -0.39 is 12.2 Å². The standard InChI is InChI=1S/C31H37N5O6/c1-20-13-22(6-10-29(20)42-26-7-5-21(2)32-17-26)35-31-27-16-25(8-9-28(27)33-19-34-31)41-18-24(38)14-23(37)15-30(39)36(3)11-12-40-4/h5-10,13,16-17,19,23-24,37-38H,11-12,14-15,18H2,1-4H3,(H,33,34,35). The van der Waals surface area contributed by atoms with E-state index in [1.807, 2.05) is 50.2 Å². The highest BCUT2D eigenvalue weighted by Gasteiger charge is 2.19. The van der Waals surface area contributed by atoms with Crippen LogP contribution in [0.1, 0.15) is 24.1 Å². The molecule has 0 aliphatic heterocycles. The number of aliphatic hydroxyl groups is 2. The molecular formula is C31H37N5O6. The Morgan fingerprint density at radius 3 is 2.55 bits per heavy atom. The Labute approximate surface area is 245 Å². The third kappa shape index (κ3) is 8.59. The number of amides is 1. The van der Waals surface area contributed by atoms with E-state index in [4.69, 9.17) is 14.2 Å². The van der Waals surface area contributed by atoms with Crippen LogP contribution in [0.5, 0.6) is 17.2 Å². The summed E-state index contributed by atoms with van der Waals surface area (Å²) in [5, 5.41) is 24.8. The van der Waals surface area contributed by atoms with Crippen LogP contribution >= 0.6 is 0 Å². The lowest BCUT2D eigenvalue weighted by atomic mass is 10.1. The number of likely N-dealkylation sites (N-methyl/N-ethyl adjacent to an activating group) is 1. The smallest absolute Gasteiger partial charge is 0.224 e. The van der Waals surface area contributed by atoms with E-state index in [2.05, 4.69) is 20.3 Å². The van der Waals surface area contributed by atoms with Crippen molar-refractivity contribution in [3.63, 3.8) is 0 Å². The molecule has 3 N–H and O–H groups in total. The van der Waals surface area contributed by atoms with Crippen LogP contribution in [0.25, 0.3) is 10.9 Å². The molecule has 2 heterocycles. The number of nitrogens with one attached hydrogen (secondary N) is 1. The largest absolute Gasteiger partial charge is 0.491 e. The highest BCUT2D eigenvalue weighted by atomic mass is 16.5. The Bertz CT molecular complexity index is 1480. The van der Waals surface area contributed by atoms with E-state index in [9.17, 15) is 15.0 Å². The fourth-order valence-corrected chi connectivity index (χ4v) is 4.21. The van der Waals surface area contributed by atoms with E-state index >= 15 is 0 Å². The average molecular weight is 576 g/mol. The molecule has 0 radical (unpaired) electrons. The molecule has 1 amide bonds. The second-order valence-electron chi connectivity index (χ2n) is 10.1. The minimum absolute atomic E-state index is 0.00679. The number of fused-ring (bicyclic) bond motifs is 1. The quantitative estimate of drug-likeness (QED) is 0.201. The first-order valence-corrected chi connectivity index (χ1v) is 13.7. The molecule has 11 heteroatoms. The van der Waals surface area contributed by atoms with Gasteiger partial charge in [0, 0.05) is 43.9 Å². The van der Waals surface area contributed by atoms with Crippen LogP contribution in [0.4, 0.5) is 11.5 Å². The monoisotopic (exact) mass is 575 g/mol. The lowest BCUT2D eigenvalue weighted by Crippen LogP contribution is -2.34. The third-order valence-electron chi connectivity index (χ3n) is 6.61. The van der Waals surface area contributed by atoms with Gasteiger partial charge >= 0.3 is 0 Å². The third-order valence-corrected chi connectivity index (χ3v) is 6.61. The molecule has 0 spiro atoms. The summed E-state index contributed by atoms with van der Waals surface area (Å²) in [7, 11) is 3.21. The Hall–Kier alpha value is -4.32. The van der Waals surface area contributed by atoms with Crippen molar-refractivity contribution in [2.24, 2.45) is 0 Å². The van der Waals surface area contributed by atoms with E-state index in [0.717, 1.165) is 33.6 Å². The summed E-state index contributed by atoms with van der Waals surface area (Å²) in [5.41, 5.74) is 3.39. The number of anilines is 2. The Morgan fingerprint density at radius 2 is 1.81 bits per heavy atom. The predicted molar refractivity (Wildman–Crippen MR) is 159 cm³/mol. The van der Waals surface area contributed by atoms with E-state index in [1.54, 1.807) is 32.5 Å². The van der Waals surface area contributed by atoms with Gasteiger partial charge in [0.05, 0.1) is 36.9 Å². The van der Waals surface area contributed by atoms with Crippen molar-refractivity contribution in [2.75, 3.05) is 39.2 Å². The van der Waals surface area contributed by atoms with Crippen molar-refractivity contribution in [2.45, 2.75) is 38.9 Å². The fraction of sp³-hybridized carbons (Fsp3) is 0.355. The summed E-state index contributed by atoms with van der Waals surface area (Å²) in [4.78, 5) is 26.7. The fourth-order valence-electron chi connectivity index (χ4n) is 4.21. The Balaban J connectivity index is 1.37. The van der Waals surface area contributed by atoms with Crippen molar-refractivity contribution in [1.82, 2.24) is 19.9 Å². The minimum Gasteiger partial charge on any atom is -0.491 e. The second-order valence-corrected chi connectivity index (χ2v) is 10.1. The SMILES string of the molecule is COCCN(C)C(=O)CC(O)CC(O)COc1ccc2ncnc(Nc3ccc(Oc4ccc(C)nc4)c(C)c3)c2c1. The molecule has 4 aromatic rings. The van der Waals surface area contributed by atoms with Gasteiger partial charge in [-0.05, 0) is 67.9 Å². The molecule has 0 saturated carbocycles. The maximum absolute atomic E-state index is 12.2. The first kappa shape index (κ1) is 30.6. The van der Waals surface area contributed by atoms with Gasteiger partial charge in [0.25, 0.3) is 0 Å². The molecule has 11 nitrogen and oxygen atoms in total. The maximum atomic E-state index is 12.2. The highest BCUT2D eigenvalue weighted by Crippen LogP contribution is 2.31. The average Bonchev–Trinajstić information content (AvgIpc) is 2.97. The van der Waals surface area contributed by atoms with E-state index in [-0.39, 0.29) is 25.4 Å². The van der Waals surface area contributed by atoms with Crippen molar-refractivity contribution in [1.29, 1.82) is 0 Å². The first-order valence-electron chi connectivity index (χ1n) is 13.7. The number of ether oxygens (including phenoxy) is 3. The van der Waals surface area contributed by atoms with E-state index in [0.29, 0.717) is 30.5 Å². The molecule has 222 valence electrons. The summed E-state index contributed by atoms with van der Waals surface area (Å²) in [5.74, 6) is 2.27. The van der Waals surface area contributed by atoms with Gasteiger partial charge in [-0.1, -0.05) is 0 Å². The minimum atomic E-state index is -0.990. The number of hydrogen-bond acceptors (Lipinski definition) is 10. The number of aliphatic hydroxyl groups excluding tert-OH is 2. The number of carbonyl (C=O) groups is 1. The molecule has 0 fully saturated rings. The zero-order chi connectivity index (χ0) is 30.1. The molecule has 2 aromatic carbocycles. The van der Waals surface area contributed by atoms with Crippen LogP contribution in [0, 0.1) is 13.8 Å². The summed E-state index contributed by atoms with van der Waals surface area (Å²) in [6.07, 6.45) is 1.15. The zero-order valence-corrected chi connectivity index (χ0v) is 24.3. The van der Waals surface area contributed by atoms with Crippen LogP contribution < -0.4 is 14.8 Å². The number of pyridine rings is 1. The van der Waals surface area contributed by atoms with Gasteiger partial charge in [0.15, 0.2) is 0 Å². The molecular weight excluding hydrogens is 538 g/mol. The molecule has 2 unspecified atom stereocenters. The summed E-state index contributed by atoms with van der Waals surface area (Å²) < 4.78 is 16.8. The number of methoxy groups -OCH3 is 1. The van der Waals surface area contributed by atoms with Crippen molar-refractivity contribution < 1.29 is 29.2 Å². The molecule has 42 heavy (non-hydrogen) atoms. The number of aromatic nitrogens is 3. The Kier molecular flexibility index (Phi) is 10.6. The molecule has 2 aromatic heterocycles. The summed E-state index contributed by atoms with van der Waals surface area (Å²) in [6, 6.07) is 14.9. The number of nitrogens with zero attached hydrogens (tertiary/aromatic N) is 4. The van der Waals surface area contributed by atoms with Gasteiger partial charge < -0.3 is 34.6 Å². The normalized spacial score (nSPS) is 12.5. The van der Waals surface area contributed by atoms with Crippen molar-refractivity contribution in [3.05, 3.63) is 72.3 Å². The number of hydrogen-bond donors (Lipinski definition) is 3. The van der Waals surface area contributed by atoms with Crippen molar-refractivity contribution in [3.8, 4) is 17.2 Å². The van der Waals surface area contributed by atoms with Gasteiger partial charge in [0.2, 0.25) is 5.91 Å². The predicted octanol–water partition coefficient (Wildman–Crippen LogP) is 4.16. The van der Waals surface area contributed by atoms with Crippen LogP contribution in [-0.2, 0) is 9.53 Å². The summed E-state index contributed by atoms with van der Waals surface area (Å²) >= 11 is 0. The molecule has 0 saturated heterocycles. The Morgan fingerprint density at radius 1 is 1.00 bits per heavy atom. The molecule has 0 bridgehead atoms. The number of carbonyl (C=O) groups excluding carboxylic acids is 1. The lowest BCUT2D eigenvalue weighted by Gasteiger charge is -2.20. The van der Waals surface area contributed by atoms with E-state index in [1.165, 1.54) is 11.2 Å². The van der Waals surface area contributed by atoms with Gasteiger partial charge in [-0.25, -0.2) is 9.97 Å². The summed E-state index contributed by atoms with van der Waals surface area (Å²) in [6.45, 7) is 4.68. The van der Waals surface area contributed by atoms with Crippen LogP contribution in [0.2, 0.25) is 0 Å². The maximum Gasteiger partial charge on any atom is 0.224 e. The molecule has 2 atom stereocenters. The number of rotatable bonds is 14. The number of aryl methyl sites for hydroxylation is 2. The van der Waals surface area contributed by atoms with Crippen molar-refractivity contribution >= 4 is 28.3 Å². The topological polar surface area (TPSA) is 139 Å². The lowest BCUT2D eigenvalue weighted by molar-refractivity contribution is -0.132. The van der Waals surface area contributed by atoms with Crippen LogP contribution in [-0.4, -0.2) is 82.1 Å². The second kappa shape index (κ2) is 14.5. The van der Waals surface area contributed by atoms with Gasteiger partial charge in [0.1, 0.15) is 36.0 Å². The van der Waals surface area contributed by atoms with Gasteiger partial charge in [-0.15, -0.1) is 0 Å². The zero-order valence-electron chi connectivity index (χ0n) is 24.3. The first-order chi connectivity index (χ1) is 20.2. The van der Waals surface area contributed by atoms with Crippen LogP contribution in [0.3, 0.4) is 0 Å². The molecule has 4 rings (SSSR count).